The van der Waals surface area contributed by atoms with Gasteiger partial charge in [-0.15, -0.1) is 0 Å². The highest BCUT2D eigenvalue weighted by Gasteiger charge is 2.31. The molecular weight excluding hydrogens is 534 g/mol. The molecular formula is C34H62NO7+. The maximum Gasteiger partial charge on any atom is 0.362 e. The lowest BCUT2D eigenvalue weighted by atomic mass is 10.1. The van der Waals surface area contributed by atoms with Gasteiger partial charge in [0.25, 0.3) is 0 Å². The molecule has 0 heterocycles. The Morgan fingerprint density at radius 2 is 1.31 bits per heavy atom. The van der Waals surface area contributed by atoms with Gasteiger partial charge in [0.1, 0.15) is 6.61 Å². The summed E-state index contributed by atoms with van der Waals surface area (Å²) in [6.45, 7) is 3.71. The number of nitrogens with zero attached hydrogens (tertiary/aromatic N) is 1. The lowest BCUT2D eigenvalue weighted by Crippen LogP contribution is -2.50. The third-order valence-corrected chi connectivity index (χ3v) is 7.16. The van der Waals surface area contributed by atoms with Crippen molar-refractivity contribution in [1.82, 2.24) is 0 Å². The van der Waals surface area contributed by atoms with Crippen LogP contribution in [0.2, 0.25) is 0 Å². The quantitative estimate of drug-likeness (QED) is 0.0435. The fraction of sp³-hybridized carbons (Fsp3) is 0.794. The molecule has 0 aliphatic rings. The van der Waals surface area contributed by atoms with Crippen molar-refractivity contribution in [3.8, 4) is 0 Å². The van der Waals surface area contributed by atoms with E-state index < -0.39 is 24.1 Å². The van der Waals surface area contributed by atoms with Crippen LogP contribution in [0.15, 0.2) is 24.3 Å². The van der Waals surface area contributed by atoms with Crippen molar-refractivity contribution in [2.75, 3.05) is 41.0 Å². The summed E-state index contributed by atoms with van der Waals surface area (Å²) in [5.41, 5.74) is 0. The number of carbonyl (C=O) groups is 3. The highest BCUT2D eigenvalue weighted by Crippen LogP contribution is 2.13. The fourth-order valence-corrected chi connectivity index (χ4v) is 4.61. The number of unbranched alkanes of at least 4 members (excludes halogenated alkanes) is 12. The lowest BCUT2D eigenvalue weighted by molar-refractivity contribution is -0.887. The number of ether oxygens (including phenoxy) is 3. The van der Waals surface area contributed by atoms with Crippen LogP contribution in [0.5, 0.6) is 0 Å². The molecule has 2 unspecified atom stereocenters. The summed E-state index contributed by atoms with van der Waals surface area (Å²) < 4.78 is 16.4. The first-order valence-corrected chi connectivity index (χ1v) is 16.3. The van der Waals surface area contributed by atoms with E-state index in [4.69, 9.17) is 14.2 Å². The normalized spacial score (nSPS) is 13.5. The van der Waals surface area contributed by atoms with E-state index in [1.165, 1.54) is 77.6 Å². The van der Waals surface area contributed by atoms with Gasteiger partial charge in [-0.25, -0.2) is 4.79 Å². The Hall–Kier alpha value is -2.19. The van der Waals surface area contributed by atoms with E-state index >= 15 is 0 Å². The van der Waals surface area contributed by atoms with Crippen LogP contribution in [0.25, 0.3) is 0 Å². The van der Waals surface area contributed by atoms with Gasteiger partial charge < -0.3 is 23.8 Å². The number of rotatable bonds is 28. The zero-order chi connectivity index (χ0) is 31.5. The lowest BCUT2D eigenvalue weighted by Gasteiger charge is -2.31. The van der Waals surface area contributed by atoms with Crippen LogP contribution in [0.1, 0.15) is 123 Å². The second kappa shape index (κ2) is 26.4. The second-order valence-electron chi connectivity index (χ2n) is 12.1. The first kappa shape index (κ1) is 39.8. The van der Waals surface area contributed by atoms with E-state index in [1.54, 1.807) is 0 Å². The monoisotopic (exact) mass is 596 g/mol. The number of hydrogen-bond donors (Lipinski definition) is 1. The molecule has 0 spiro atoms. The summed E-state index contributed by atoms with van der Waals surface area (Å²) in [5.74, 6) is -1.67. The Labute approximate surface area is 256 Å². The largest absolute Gasteiger partial charge is 0.477 e. The number of likely N-dealkylation sites (N-methyl/N-ethyl adjacent to an activating group) is 1. The van der Waals surface area contributed by atoms with Crippen molar-refractivity contribution in [2.45, 2.75) is 135 Å². The summed E-state index contributed by atoms with van der Waals surface area (Å²) in [6, 6.07) is -0.607. The first-order valence-electron chi connectivity index (χ1n) is 16.3. The minimum atomic E-state index is -0.885. The molecule has 0 radical (unpaired) electrons. The summed E-state index contributed by atoms with van der Waals surface area (Å²) >= 11 is 0. The summed E-state index contributed by atoms with van der Waals surface area (Å²) in [7, 11) is 5.46. The molecule has 0 saturated heterocycles. The Kier molecular flexibility index (Phi) is 25.1. The van der Waals surface area contributed by atoms with Crippen molar-refractivity contribution in [1.29, 1.82) is 0 Å². The molecule has 42 heavy (non-hydrogen) atoms. The van der Waals surface area contributed by atoms with Gasteiger partial charge in [-0.3, -0.25) is 9.59 Å². The number of carboxylic acids is 1. The molecule has 244 valence electrons. The maximum absolute atomic E-state index is 12.3. The number of allylic oxidation sites excluding steroid dienone is 4. The number of quaternary nitrogens is 1. The molecule has 8 heteroatoms. The molecule has 0 bridgehead atoms. The van der Waals surface area contributed by atoms with Gasteiger partial charge in [0, 0.05) is 19.8 Å². The Morgan fingerprint density at radius 1 is 0.762 bits per heavy atom. The second-order valence-corrected chi connectivity index (χ2v) is 12.1. The summed E-state index contributed by atoms with van der Waals surface area (Å²) in [4.78, 5) is 35.1. The molecule has 0 amide bonds. The summed E-state index contributed by atoms with van der Waals surface area (Å²) in [6.07, 6.45) is 26.9. The predicted octanol–water partition coefficient (Wildman–Crippen LogP) is 7.40. The van der Waals surface area contributed by atoms with Gasteiger partial charge in [-0.2, -0.15) is 0 Å². The van der Waals surface area contributed by atoms with Gasteiger partial charge in [0.2, 0.25) is 0 Å². The Bertz CT molecular complexity index is 757. The standard InChI is InChI=1S/C34H61NO7/c1-6-7-8-9-10-11-12-13-14-15-16-17-18-19-20-21-22-23-24-25-33(37)42-31(29-41-30(2)36)28-40-27-26-32(34(38)39)35(3,4)5/h10-11,13-14,31-32H,6-9,12,15-29H2,1-5H3/p+1/b11-10-,14-13-. The molecule has 0 saturated carbocycles. The molecule has 1 N–H and O–H groups in total. The van der Waals surface area contributed by atoms with E-state index in [1.807, 2.05) is 21.1 Å². The molecule has 0 fully saturated rings. The average molecular weight is 597 g/mol. The van der Waals surface area contributed by atoms with Crippen LogP contribution in [0, 0.1) is 0 Å². The van der Waals surface area contributed by atoms with Crippen LogP contribution in [0.3, 0.4) is 0 Å². The third-order valence-electron chi connectivity index (χ3n) is 7.16. The van der Waals surface area contributed by atoms with Gasteiger partial charge >= 0.3 is 17.9 Å². The van der Waals surface area contributed by atoms with Gasteiger partial charge in [-0.05, 0) is 38.5 Å². The first-order chi connectivity index (χ1) is 20.1. The van der Waals surface area contributed by atoms with Crippen LogP contribution < -0.4 is 0 Å². The highest BCUT2D eigenvalue weighted by molar-refractivity contribution is 5.72. The molecule has 0 rings (SSSR count). The van der Waals surface area contributed by atoms with Gasteiger partial charge in [-0.1, -0.05) is 89.0 Å². The number of aliphatic carboxylic acids is 1. The molecule has 2 atom stereocenters. The van der Waals surface area contributed by atoms with Crippen molar-refractivity contribution < 1.29 is 38.2 Å². The molecule has 0 aliphatic heterocycles. The third kappa shape index (κ3) is 25.5. The number of carbonyl (C=O) groups excluding carboxylic acids is 2. The smallest absolute Gasteiger partial charge is 0.362 e. The molecule has 0 aromatic rings. The molecule has 0 aliphatic carbocycles. The van der Waals surface area contributed by atoms with Crippen LogP contribution >= 0.6 is 0 Å². The maximum atomic E-state index is 12.3. The molecule has 8 nitrogen and oxygen atoms in total. The fourth-order valence-electron chi connectivity index (χ4n) is 4.61. The van der Waals surface area contributed by atoms with E-state index in [0.29, 0.717) is 12.8 Å². The van der Waals surface area contributed by atoms with Crippen LogP contribution in [-0.2, 0) is 28.6 Å². The summed E-state index contributed by atoms with van der Waals surface area (Å²) in [5, 5.41) is 9.43. The predicted molar refractivity (Wildman–Crippen MR) is 169 cm³/mol. The van der Waals surface area contributed by atoms with Crippen molar-refractivity contribution in [2.24, 2.45) is 0 Å². The minimum Gasteiger partial charge on any atom is -0.477 e. The Balaban J connectivity index is 3.91. The van der Waals surface area contributed by atoms with Crippen molar-refractivity contribution in [3.63, 3.8) is 0 Å². The van der Waals surface area contributed by atoms with E-state index in [0.717, 1.165) is 25.7 Å². The minimum absolute atomic E-state index is 0.0509. The van der Waals surface area contributed by atoms with E-state index in [-0.39, 0.29) is 30.3 Å². The number of esters is 2. The van der Waals surface area contributed by atoms with Gasteiger partial charge in [0.15, 0.2) is 12.1 Å². The number of hydrogen-bond acceptors (Lipinski definition) is 6. The van der Waals surface area contributed by atoms with Gasteiger partial charge in [0.05, 0.1) is 34.4 Å². The topological polar surface area (TPSA) is 99.1 Å². The zero-order valence-corrected chi connectivity index (χ0v) is 27.5. The van der Waals surface area contributed by atoms with Crippen molar-refractivity contribution >= 4 is 17.9 Å². The van der Waals surface area contributed by atoms with E-state index in [2.05, 4.69) is 31.2 Å². The van der Waals surface area contributed by atoms with Crippen LogP contribution in [-0.4, -0.2) is 80.6 Å². The van der Waals surface area contributed by atoms with Crippen molar-refractivity contribution in [3.05, 3.63) is 24.3 Å². The van der Waals surface area contributed by atoms with Crippen LogP contribution in [0.4, 0.5) is 0 Å². The average Bonchev–Trinajstić information content (AvgIpc) is 2.91. The molecule has 0 aromatic carbocycles. The molecule has 0 aromatic heterocycles. The Morgan fingerprint density at radius 3 is 1.83 bits per heavy atom. The highest BCUT2D eigenvalue weighted by atomic mass is 16.6. The number of carboxylic acid groups (broad SMARTS) is 1. The zero-order valence-electron chi connectivity index (χ0n) is 27.5. The SMILES string of the molecule is CCCCC/C=C\C/C=C\CCCCCCCCCCCC(=O)OC(COCCC(C(=O)O)[N+](C)(C)C)COC(C)=O. The van der Waals surface area contributed by atoms with E-state index in [9.17, 15) is 19.5 Å².